The Kier molecular flexibility index (Phi) is 3.75. The Morgan fingerprint density at radius 1 is 1.35 bits per heavy atom. The van der Waals surface area contributed by atoms with Gasteiger partial charge in [-0.15, -0.1) is 0 Å². The second kappa shape index (κ2) is 5.60. The molecule has 0 spiro atoms. The smallest absolute Gasteiger partial charge is 0.435 e. The van der Waals surface area contributed by atoms with Gasteiger partial charge in [0.1, 0.15) is 5.76 Å². The first-order valence-electron chi connectivity index (χ1n) is 6.91. The number of carbonyl (C=O) groups excluding carboxylic acids is 1. The standard InChI is InChI=1S/C15H13F3N2O3/c1-22-11-5-4-10(13(20-11)15(16,17)18)19-14(21)9-6-7-23-12(9)8-2-3-8/h4-8H,2-3H2,1H3,(H,19,21). The minimum Gasteiger partial charge on any atom is -0.481 e. The minimum absolute atomic E-state index is 0.168. The molecule has 0 unspecified atom stereocenters. The van der Waals surface area contributed by atoms with Crippen molar-refractivity contribution >= 4 is 11.6 Å². The number of furan rings is 1. The summed E-state index contributed by atoms with van der Waals surface area (Å²) in [5.41, 5.74) is -1.38. The molecular formula is C15H13F3N2O3. The van der Waals surface area contributed by atoms with Gasteiger partial charge in [-0.25, -0.2) is 4.98 Å². The van der Waals surface area contributed by atoms with Crippen LogP contribution in [0, 0.1) is 0 Å². The lowest BCUT2D eigenvalue weighted by Gasteiger charge is -2.13. The summed E-state index contributed by atoms with van der Waals surface area (Å²) < 4.78 is 49.2. The molecule has 1 aliphatic rings. The van der Waals surface area contributed by atoms with Crippen LogP contribution in [0.3, 0.4) is 0 Å². The summed E-state index contributed by atoms with van der Waals surface area (Å²) >= 11 is 0. The summed E-state index contributed by atoms with van der Waals surface area (Å²) in [7, 11) is 1.22. The van der Waals surface area contributed by atoms with E-state index in [-0.39, 0.29) is 17.4 Å². The zero-order chi connectivity index (χ0) is 16.6. The van der Waals surface area contributed by atoms with E-state index in [0.717, 1.165) is 18.9 Å². The van der Waals surface area contributed by atoms with Gasteiger partial charge in [0.05, 0.1) is 24.6 Å². The lowest BCUT2D eigenvalue weighted by Crippen LogP contribution is -2.18. The van der Waals surface area contributed by atoms with Crippen molar-refractivity contribution in [2.45, 2.75) is 24.9 Å². The number of alkyl halides is 3. The van der Waals surface area contributed by atoms with Crippen molar-refractivity contribution < 1.29 is 27.1 Å². The molecule has 0 radical (unpaired) electrons. The van der Waals surface area contributed by atoms with Crippen LogP contribution in [-0.2, 0) is 6.18 Å². The van der Waals surface area contributed by atoms with Crippen molar-refractivity contribution in [2.75, 3.05) is 12.4 Å². The first-order valence-corrected chi connectivity index (χ1v) is 6.91. The van der Waals surface area contributed by atoms with E-state index in [1.54, 1.807) is 0 Å². The maximum absolute atomic E-state index is 13.1. The van der Waals surface area contributed by atoms with E-state index in [9.17, 15) is 18.0 Å². The van der Waals surface area contributed by atoms with E-state index in [1.165, 1.54) is 25.5 Å². The second-order valence-corrected chi connectivity index (χ2v) is 5.17. The molecule has 8 heteroatoms. The third kappa shape index (κ3) is 3.15. The van der Waals surface area contributed by atoms with E-state index in [2.05, 4.69) is 10.3 Å². The van der Waals surface area contributed by atoms with Gasteiger partial charge < -0.3 is 14.5 Å². The fraction of sp³-hybridized carbons (Fsp3) is 0.333. The van der Waals surface area contributed by atoms with E-state index in [1.807, 2.05) is 0 Å². The van der Waals surface area contributed by atoms with Gasteiger partial charge >= 0.3 is 6.18 Å². The monoisotopic (exact) mass is 326 g/mol. The van der Waals surface area contributed by atoms with Crippen molar-refractivity contribution in [3.63, 3.8) is 0 Å². The molecule has 2 heterocycles. The second-order valence-electron chi connectivity index (χ2n) is 5.17. The Balaban J connectivity index is 1.90. The van der Waals surface area contributed by atoms with Crippen molar-refractivity contribution in [2.24, 2.45) is 0 Å². The van der Waals surface area contributed by atoms with Crippen LogP contribution >= 0.6 is 0 Å². The number of hydrogen-bond acceptors (Lipinski definition) is 4. The molecule has 0 aliphatic heterocycles. The Morgan fingerprint density at radius 2 is 2.09 bits per heavy atom. The number of rotatable bonds is 4. The Morgan fingerprint density at radius 3 is 2.70 bits per heavy atom. The summed E-state index contributed by atoms with van der Waals surface area (Å²) in [6.45, 7) is 0. The average Bonchev–Trinajstić information content (AvgIpc) is 3.23. The molecule has 3 rings (SSSR count). The van der Waals surface area contributed by atoms with E-state index < -0.39 is 23.5 Å². The third-order valence-electron chi connectivity index (χ3n) is 3.48. The van der Waals surface area contributed by atoms with Crippen LogP contribution in [0.2, 0.25) is 0 Å². The molecule has 2 aromatic rings. The van der Waals surface area contributed by atoms with Crippen LogP contribution in [0.1, 0.15) is 40.6 Å². The molecule has 2 aromatic heterocycles. The van der Waals surface area contributed by atoms with Crippen molar-refractivity contribution in [3.05, 3.63) is 41.5 Å². The molecule has 0 bridgehead atoms. The Hall–Kier alpha value is -2.51. The number of anilines is 1. The van der Waals surface area contributed by atoms with E-state index in [4.69, 9.17) is 9.15 Å². The highest BCUT2D eigenvalue weighted by molar-refractivity contribution is 6.05. The van der Waals surface area contributed by atoms with Crippen molar-refractivity contribution in [1.29, 1.82) is 0 Å². The lowest BCUT2D eigenvalue weighted by atomic mass is 10.1. The average molecular weight is 326 g/mol. The molecule has 23 heavy (non-hydrogen) atoms. The molecule has 1 saturated carbocycles. The number of amides is 1. The number of nitrogens with zero attached hydrogens (tertiary/aromatic N) is 1. The van der Waals surface area contributed by atoms with E-state index >= 15 is 0 Å². The first-order chi connectivity index (χ1) is 10.9. The zero-order valence-corrected chi connectivity index (χ0v) is 12.1. The third-order valence-corrected chi connectivity index (χ3v) is 3.48. The van der Waals surface area contributed by atoms with Crippen LogP contribution < -0.4 is 10.1 Å². The summed E-state index contributed by atoms with van der Waals surface area (Å²) in [4.78, 5) is 15.6. The summed E-state index contributed by atoms with van der Waals surface area (Å²) in [6.07, 6.45) is -1.54. The van der Waals surface area contributed by atoms with Gasteiger partial charge in [0.25, 0.3) is 5.91 Å². The normalized spacial score (nSPS) is 14.6. The Labute approximate surface area is 129 Å². The molecular weight excluding hydrogens is 313 g/mol. The van der Waals surface area contributed by atoms with Crippen LogP contribution in [0.4, 0.5) is 18.9 Å². The van der Waals surface area contributed by atoms with Gasteiger partial charge in [0.2, 0.25) is 5.88 Å². The van der Waals surface area contributed by atoms with Crippen LogP contribution in [0.15, 0.2) is 28.9 Å². The lowest BCUT2D eigenvalue weighted by molar-refractivity contribution is -0.140. The fourth-order valence-corrected chi connectivity index (χ4v) is 2.23. The predicted octanol–water partition coefficient (Wildman–Crippen LogP) is 3.83. The minimum atomic E-state index is -4.72. The molecule has 0 saturated heterocycles. The molecule has 122 valence electrons. The maximum atomic E-state index is 13.1. The van der Waals surface area contributed by atoms with Crippen molar-refractivity contribution in [3.8, 4) is 5.88 Å². The Bertz CT molecular complexity index is 736. The number of methoxy groups -OCH3 is 1. The largest absolute Gasteiger partial charge is 0.481 e. The molecule has 1 amide bonds. The highest BCUT2D eigenvalue weighted by Gasteiger charge is 2.37. The topological polar surface area (TPSA) is 64.4 Å². The fourth-order valence-electron chi connectivity index (χ4n) is 2.23. The van der Waals surface area contributed by atoms with Gasteiger partial charge in [-0.1, -0.05) is 0 Å². The quantitative estimate of drug-likeness (QED) is 0.927. The number of carbonyl (C=O) groups is 1. The molecule has 0 aromatic carbocycles. The van der Waals surface area contributed by atoms with Crippen LogP contribution in [-0.4, -0.2) is 18.0 Å². The van der Waals surface area contributed by atoms with Gasteiger partial charge in [-0.05, 0) is 25.0 Å². The van der Waals surface area contributed by atoms with E-state index in [0.29, 0.717) is 5.76 Å². The number of aromatic nitrogens is 1. The highest BCUT2D eigenvalue weighted by Crippen LogP contribution is 2.42. The number of pyridine rings is 1. The summed E-state index contributed by atoms with van der Waals surface area (Å²) in [6, 6.07) is 3.82. The maximum Gasteiger partial charge on any atom is 0.435 e. The highest BCUT2D eigenvalue weighted by atomic mass is 19.4. The molecule has 0 atom stereocenters. The van der Waals surface area contributed by atoms with Gasteiger partial charge in [-0.2, -0.15) is 13.2 Å². The summed E-state index contributed by atoms with van der Waals surface area (Å²) in [5, 5.41) is 2.26. The summed E-state index contributed by atoms with van der Waals surface area (Å²) in [5.74, 6) is -0.158. The number of hydrogen-bond donors (Lipinski definition) is 1. The molecule has 1 fully saturated rings. The first kappa shape index (κ1) is 15.4. The van der Waals surface area contributed by atoms with Crippen LogP contribution in [0.5, 0.6) is 5.88 Å². The van der Waals surface area contributed by atoms with Gasteiger partial charge in [0.15, 0.2) is 5.69 Å². The number of nitrogens with one attached hydrogen (secondary N) is 1. The zero-order valence-electron chi connectivity index (χ0n) is 12.1. The van der Waals surface area contributed by atoms with Crippen LogP contribution in [0.25, 0.3) is 0 Å². The molecule has 1 N–H and O–H groups in total. The predicted molar refractivity (Wildman–Crippen MR) is 74.4 cm³/mol. The molecule has 5 nitrogen and oxygen atoms in total. The molecule has 1 aliphatic carbocycles. The van der Waals surface area contributed by atoms with Crippen molar-refractivity contribution in [1.82, 2.24) is 4.98 Å². The SMILES string of the molecule is COc1ccc(NC(=O)c2ccoc2C2CC2)c(C(F)(F)F)n1. The number of ether oxygens (including phenoxy) is 1. The van der Waals surface area contributed by atoms with Gasteiger partial charge in [-0.3, -0.25) is 4.79 Å². The number of halogens is 3. The van der Waals surface area contributed by atoms with Gasteiger partial charge in [0, 0.05) is 12.0 Å².